The fourth-order valence-electron chi connectivity index (χ4n) is 3.88. The summed E-state index contributed by atoms with van der Waals surface area (Å²) in [5.41, 5.74) is 0.991. The second kappa shape index (κ2) is 7.69. The molecule has 2 saturated heterocycles. The van der Waals surface area contributed by atoms with E-state index in [2.05, 4.69) is 29.9 Å². The summed E-state index contributed by atoms with van der Waals surface area (Å²) in [4.78, 5) is 31.5. The fourth-order valence-corrected chi connectivity index (χ4v) is 3.88. The van der Waals surface area contributed by atoms with Crippen molar-refractivity contribution in [1.82, 2.24) is 29.6 Å². The van der Waals surface area contributed by atoms with Gasteiger partial charge in [0.25, 0.3) is 0 Å². The number of anilines is 2. The first-order valence-electron chi connectivity index (χ1n) is 9.89. The van der Waals surface area contributed by atoms with Crippen molar-refractivity contribution in [3.8, 4) is 5.82 Å². The monoisotopic (exact) mass is 408 g/mol. The van der Waals surface area contributed by atoms with E-state index in [1.54, 1.807) is 23.1 Å². The van der Waals surface area contributed by atoms with Gasteiger partial charge in [-0.05, 0) is 24.3 Å². The molecule has 2 fully saturated rings. The Labute approximate surface area is 172 Å². The van der Waals surface area contributed by atoms with Crippen LogP contribution in [-0.4, -0.2) is 74.8 Å². The molecular formula is C20H21FN8O. The highest BCUT2D eigenvalue weighted by molar-refractivity contribution is 5.82. The zero-order chi connectivity index (χ0) is 20.5. The molecule has 0 bridgehead atoms. The zero-order valence-electron chi connectivity index (χ0n) is 16.3. The second-order valence-corrected chi connectivity index (χ2v) is 7.47. The maximum absolute atomic E-state index is 13.1. The Kier molecular flexibility index (Phi) is 4.74. The average Bonchev–Trinajstić information content (AvgIpc) is 3.29. The van der Waals surface area contributed by atoms with Crippen LogP contribution in [0.5, 0.6) is 0 Å². The Morgan fingerprint density at radius 3 is 2.37 bits per heavy atom. The van der Waals surface area contributed by atoms with E-state index in [1.807, 2.05) is 11.0 Å². The summed E-state index contributed by atoms with van der Waals surface area (Å²) in [6.07, 6.45) is 4.53. The molecule has 2 aromatic heterocycles. The maximum Gasteiger partial charge on any atom is 0.229 e. The third-order valence-corrected chi connectivity index (χ3v) is 5.63. The number of aromatic nitrogens is 5. The number of piperazine rings is 1. The standard InChI is InChI=1S/C20H21FN8O/c21-16-1-3-17(4-2-16)26-5-7-27(8-6-26)20(30)15-10-28(11-15)18-9-19(24-13-23-18)29-14-22-12-25-29/h1-4,9,12-15H,5-8,10-11H2. The van der Waals surface area contributed by atoms with Gasteiger partial charge in [0.05, 0.1) is 5.92 Å². The summed E-state index contributed by atoms with van der Waals surface area (Å²) >= 11 is 0. The summed E-state index contributed by atoms with van der Waals surface area (Å²) in [7, 11) is 0. The van der Waals surface area contributed by atoms with Crippen molar-refractivity contribution in [1.29, 1.82) is 0 Å². The van der Waals surface area contributed by atoms with E-state index < -0.39 is 0 Å². The number of hydrogen-bond donors (Lipinski definition) is 0. The molecule has 0 spiro atoms. The Morgan fingerprint density at radius 2 is 1.67 bits per heavy atom. The molecule has 2 aliphatic rings. The van der Waals surface area contributed by atoms with Gasteiger partial charge >= 0.3 is 0 Å². The number of carbonyl (C=O) groups is 1. The van der Waals surface area contributed by atoms with Crippen LogP contribution in [0.25, 0.3) is 5.82 Å². The molecule has 0 saturated carbocycles. The van der Waals surface area contributed by atoms with Crippen LogP contribution in [0.15, 0.2) is 49.3 Å². The number of halogens is 1. The number of rotatable bonds is 4. The van der Waals surface area contributed by atoms with Gasteiger partial charge in [-0.1, -0.05) is 0 Å². The minimum Gasteiger partial charge on any atom is -0.368 e. The second-order valence-electron chi connectivity index (χ2n) is 7.47. The summed E-state index contributed by atoms with van der Waals surface area (Å²) in [6, 6.07) is 8.35. The third-order valence-electron chi connectivity index (χ3n) is 5.63. The molecule has 3 aromatic rings. The normalized spacial score (nSPS) is 17.2. The van der Waals surface area contributed by atoms with Crippen molar-refractivity contribution < 1.29 is 9.18 Å². The van der Waals surface area contributed by atoms with E-state index in [9.17, 15) is 9.18 Å². The van der Waals surface area contributed by atoms with Crippen LogP contribution in [0.4, 0.5) is 15.9 Å². The molecule has 4 heterocycles. The van der Waals surface area contributed by atoms with Crippen molar-refractivity contribution in [3.63, 3.8) is 0 Å². The summed E-state index contributed by atoms with van der Waals surface area (Å²) in [5.74, 6) is 1.35. The number of benzene rings is 1. The van der Waals surface area contributed by atoms with E-state index in [0.29, 0.717) is 32.0 Å². The van der Waals surface area contributed by atoms with Gasteiger partial charge in [-0.2, -0.15) is 5.10 Å². The molecule has 0 unspecified atom stereocenters. The molecule has 2 aliphatic heterocycles. The molecule has 9 nitrogen and oxygen atoms in total. The zero-order valence-corrected chi connectivity index (χ0v) is 16.3. The number of hydrogen-bond acceptors (Lipinski definition) is 7. The van der Waals surface area contributed by atoms with Crippen molar-refractivity contribution in [2.24, 2.45) is 5.92 Å². The van der Waals surface area contributed by atoms with E-state index in [4.69, 9.17) is 0 Å². The highest BCUT2D eigenvalue weighted by Crippen LogP contribution is 2.26. The molecule has 30 heavy (non-hydrogen) atoms. The molecule has 5 rings (SSSR count). The van der Waals surface area contributed by atoms with Crippen LogP contribution in [-0.2, 0) is 4.79 Å². The molecule has 0 aliphatic carbocycles. The smallest absolute Gasteiger partial charge is 0.229 e. The highest BCUT2D eigenvalue weighted by atomic mass is 19.1. The van der Waals surface area contributed by atoms with Crippen LogP contribution >= 0.6 is 0 Å². The van der Waals surface area contributed by atoms with Gasteiger partial charge in [0.15, 0.2) is 5.82 Å². The van der Waals surface area contributed by atoms with E-state index in [-0.39, 0.29) is 17.6 Å². The minimum absolute atomic E-state index is 0.0212. The molecule has 1 aromatic carbocycles. The van der Waals surface area contributed by atoms with Gasteiger partial charge in [-0.25, -0.2) is 24.0 Å². The van der Waals surface area contributed by atoms with Crippen LogP contribution in [0.2, 0.25) is 0 Å². The van der Waals surface area contributed by atoms with Gasteiger partial charge in [0, 0.05) is 51.0 Å². The van der Waals surface area contributed by atoms with E-state index in [0.717, 1.165) is 24.6 Å². The lowest BCUT2D eigenvalue weighted by molar-refractivity contribution is -0.136. The third kappa shape index (κ3) is 3.56. The fraction of sp³-hybridized carbons (Fsp3) is 0.350. The Bertz CT molecular complexity index is 1010. The first-order valence-corrected chi connectivity index (χ1v) is 9.89. The SMILES string of the molecule is O=C(C1CN(c2cc(-n3cncn3)ncn2)C1)N1CCN(c2ccc(F)cc2)CC1. The van der Waals surface area contributed by atoms with Gasteiger partial charge < -0.3 is 14.7 Å². The lowest BCUT2D eigenvalue weighted by Gasteiger charge is -2.43. The molecular weight excluding hydrogens is 387 g/mol. The molecule has 0 atom stereocenters. The molecule has 10 heteroatoms. The lowest BCUT2D eigenvalue weighted by atomic mass is 9.98. The maximum atomic E-state index is 13.1. The molecule has 154 valence electrons. The van der Waals surface area contributed by atoms with Crippen molar-refractivity contribution in [3.05, 3.63) is 55.1 Å². The lowest BCUT2D eigenvalue weighted by Crippen LogP contribution is -2.58. The largest absolute Gasteiger partial charge is 0.368 e. The average molecular weight is 408 g/mol. The quantitative estimate of drug-likeness (QED) is 0.636. The van der Waals surface area contributed by atoms with Gasteiger partial charge in [0.2, 0.25) is 5.91 Å². The minimum atomic E-state index is -0.237. The Balaban J connectivity index is 1.15. The van der Waals surface area contributed by atoms with Gasteiger partial charge in [-0.15, -0.1) is 0 Å². The first kappa shape index (κ1) is 18.5. The summed E-state index contributed by atoms with van der Waals surface area (Å²) < 4.78 is 14.7. The predicted octanol–water partition coefficient (Wildman–Crippen LogP) is 0.981. The Morgan fingerprint density at radius 1 is 0.933 bits per heavy atom. The summed E-state index contributed by atoms with van der Waals surface area (Å²) in [5, 5.41) is 4.08. The number of nitrogens with zero attached hydrogens (tertiary/aromatic N) is 8. The van der Waals surface area contributed by atoms with E-state index in [1.165, 1.54) is 24.8 Å². The van der Waals surface area contributed by atoms with Crippen LogP contribution in [0.3, 0.4) is 0 Å². The van der Waals surface area contributed by atoms with Crippen molar-refractivity contribution >= 4 is 17.4 Å². The summed E-state index contributed by atoms with van der Waals surface area (Å²) in [6.45, 7) is 4.14. The number of amides is 1. The predicted molar refractivity (Wildman–Crippen MR) is 108 cm³/mol. The first-order chi connectivity index (χ1) is 14.7. The van der Waals surface area contributed by atoms with Crippen molar-refractivity contribution in [2.75, 3.05) is 49.1 Å². The molecule has 1 amide bonds. The Hall–Kier alpha value is -3.56. The van der Waals surface area contributed by atoms with Gasteiger partial charge in [-0.3, -0.25) is 4.79 Å². The van der Waals surface area contributed by atoms with Crippen LogP contribution in [0, 0.1) is 11.7 Å². The van der Waals surface area contributed by atoms with Crippen molar-refractivity contribution in [2.45, 2.75) is 0 Å². The van der Waals surface area contributed by atoms with Crippen LogP contribution < -0.4 is 9.80 Å². The van der Waals surface area contributed by atoms with Gasteiger partial charge in [0.1, 0.15) is 30.6 Å². The van der Waals surface area contributed by atoms with E-state index >= 15 is 0 Å². The topological polar surface area (TPSA) is 83.3 Å². The van der Waals surface area contributed by atoms with Crippen LogP contribution in [0.1, 0.15) is 0 Å². The number of carbonyl (C=O) groups excluding carboxylic acids is 1. The highest BCUT2D eigenvalue weighted by Gasteiger charge is 2.37. The molecule has 0 radical (unpaired) electrons. The molecule has 0 N–H and O–H groups in total.